The van der Waals surface area contributed by atoms with Crippen molar-refractivity contribution in [2.75, 3.05) is 5.32 Å². The van der Waals surface area contributed by atoms with E-state index in [1.54, 1.807) is 46.6 Å². The normalized spacial score (nSPS) is 10.9. The van der Waals surface area contributed by atoms with Crippen molar-refractivity contribution in [1.82, 2.24) is 24.7 Å². The van der Waals surface area contributed by atoms with Crippen LogP contribution in [0, 0.1) is 11.6 Å². The largest absolute Gasteiger partial charge is 0.321 e. The summed E-state index contributed by atoms with van der Waals surface area (Å²) in [4.78, 5) is 21.0. The highest BCUT2D eigenvalue weighted by Gasteiger charge is 2.19. The van der Waals surface area contributed by atoms with Gasteiger partial charge in [0.2, 0.25) is 0 Å². The van der Waals surface area contributed by atoms with Crippen molar-refractivity contribution in [2.45, 2.75) is 10.9 Å². The molecule has 5 aromatic rings. The summed E-state index contributed by atoms with van der Waals surface area (Å²) in [5.74, 6) is -0.324. The zero-order chi connectivity index (χ0) is 24.2. The number of thiazole rings is 1. The number of nitrogens with zero attached hydrogens (tertiary/aromatic N) is 5. The van der Waals surface area contributed by atoms with E-state index in [1.807, 2.05) is 6.07 Å². The van der Waals surface area contributed by atoms with Gasteiger partial charge in [0.1, 0.15) is 22.3 Å². The molecule has 0 aliphatic rings. The number of carbonyl (C=O) groups is 1. The van der Waals surface area contributed by atoms with Crippen LogP contribution in [-0.2, 0) is 5.75 Å². The Morgan fingerprint density at radius 2 is 1.86 bits per heavy atom. The lowest BCUT2D eigenvalue weighted by Gasteiger charge is -2.10. The summed E-state index contributed by atoms with van der Waals surface area (Å²) in [7, 11) is 0. The molecule has 5 rings (SSSR count). The van der Waals surface area contributed by atoms with E-state index in [2.05, 4.69) is 25.5 Å². The molecule has 0 saturated carbocycles. The zero-order valence-electron chi connectivity index (χ0n) is 17.9. The first-order chi connectivity index (χ1) is 17.1. The van der Waals surface area contributed by atoms with Crippen molar-refractivity contribution in [3.05, 3.63) is 101 Å². The predicted molar refractivity (Wildman–Crippen MR) is 131 cm³/mol. The number of rotatable bonds is 7. The number of halogens is 2. The summed E-state index contributed by atoms with van der Waals surface area (Å²) in [5.41, 5.74) is 1.74. The molecule has 3 heterocycles. The smallest absolute Gasteiger partial charge is 0.275 e. The first-order valence-corrected chi connectivity index (χ1v) is 12.2. The molecule has 2 aromatic carbocycles. The average Bonchev–Trinajstić information content (AvgIpc) is 3.52. The second-order valence-corrected chi connectivity index (χ2v) is 9.10. The Kier molecular flexibility index (Phi) is 6.59. The molecule has 0 radical (unpaired) electrons. The van der Waals surface area contributed by atoms with Crippen LogP contribution in [-0.4, -0.2) is 30.6 Å². The van der Waals surface area contributed by atoms with Gasteiger partial charge in [-0.15, -0.1) is 21.5 Å². The van der Waals surface area contributed by atoms with Gasteiger partial charge >= 0.3 is 0 Å². The molecule has 3 aromatic heterocycles. The van der Waals surface area contributed by atoms with E-state index in [9.17, 15) is 13.6 Å². The van der Waals surface area contributed by atoms with Crippen molar-refractivity contribution >= 4 is 34.7 Å². The highest BCUT2D eigenvalue weighted by Crippen LogP contribution is 2.31. The van der Waals surface area contributed by atoms with Crippen LogP contribution in [0.15, 0.2) is 83.6 Å². The van der Waals surface area contributed by atoms with E-state index in [0.29, 0.717) is 38.7 Å². The van der Waals surface area contributed by atoms with Crippen LogP contribution in [0.25, 0.3) is 17.1 Å². The number of carbonyl (C=O) groups excluding carboxylic acids is 1. The lowest BCUT2D eigenvalue weighted by molar-refractivity contribution is 0.102. The van der Waals surface area contributed by atoms with Gasteiger partial charge in [0, 0.05) is 29.0 Å². The summed E-state index contributed by atoms with van der Waals surface area (Å²) in [6, 6.07) is 15.5. The number of nitrogens with one attached hydrogen (secondary N) is 1. The first kappa shape index (κ1) is 22.8. The van der Waals surface area contributed by atoms with Crippen LogP contribution in [0.1, 0.15) is 15.5 Å². The maximum atomic E-state index is 14.7. The highest BCUT2D eigenvalue weighted by atomic mass is 32.2. The van der Waals surface area contributed by atoms with E-state index in [1.165, 1.54) is 53.4 Å². The Morgan fingerprint density at radius 3 is 2.63 bits per heavy atom. The van der Waals surface area contributed by atoms with Crippen LogP contribution in [0.4, 0.5) is 14.5 Å². The number of pyridine rings is 1. The van der Waals surface area contributed by atoms with Gasteiger partial charge in [-0.25, -0.2) is 13.8 Å². The van der Waals surface area contributed by atoms with Gasteiger partial charge in [-0.05, 0) is 48.5 Å². The number of hydrogen-bond acceptors (Lipinski definition) is 7. The number of aromatic nitrogens is 5. The molecule has 174 valence electrons. The van der Waals surface area contributed by atoms with Crippen LogP contribution < -0.4 is 5.32 Å². The minimum absolute atomic E-state index is 0.251. The Morgan fingerprint density at radius 1 is 1.03 bits per heavy atom. The molecular formula is C24H16F2N6OS2. The predicted octanol–water partition coefficient (Wildman–Crippen LogP) is 5.61. The molecule has 1 amide bonds. The molecule has 7 nitrogen and oxygen atoms in total. The maximum Gasteiger partial charge on any atom is 0.275 e. The minimum atomic E-state index is -0.409. The SMILES string of the molecule is O=C(Nc1ccc(F)cc1)c1csc(CSc2nnc(-c3cccnc3)n2-c2ccccc2F)n1. The van der Waals surface area contributed by atoms with Gasteiger partial charge in [0.05, 0.1) is 11.4 Å². The fourth-order valence-corrected chi connectivity index (χ4v) is 4.97. The van der Waals surface area contributed by atoms with Gasteiger partial charge in [-0.2, -0.15) is 0 Å². The molecule has 0 saturated heterocycles. The average molecular weight is 507 g/mol. The van der Waals surface area contributed by atoms with Gasteiger partial charge in [0.15, 0.2) is 11.0 Å². The van der Waals surface area contributed by atoms with Gasteiger partial charge in [-0.1, -0.05) is 23.9 Å². The molecule has 0 fully saturated rings. The topological polar surface area (TPSA) is 85.6 Å². The van der Waals surface area contributed by atoms with E-state index in [4.69, 9.17) is 0 Å². The molecule has 0 aliphatic carbocycles. The van der Waals surface area contributed by atoms with Gasteiger partial charge in [0.25, 0.3) is 5.91 Å². The van der Waals surface area contributed by atoms with Crippen molar-refractivity contribution in [3.63, 3.8) is 0 Å². The van der Waals surface area contributed by atoms with E-state index >= 15 is 0 Å². The first-order valence-electron chi connectivity index (χ1n) is 10.3. The minimum Gasteiger partial charge on any atom is -0.321 e. The second kappa shape index (κ2) is 10.1. The standard InChI is InChI=1S/C24H16F2N6OS2/c25-16-7-9-17(10-8-16)28-23(33)19-13-34-21(29-19)14-35-24-31-30-22(15-4-3-11-27-12-15)32(24)20-6-2-1-5-18(20)26/h1-13H,14H2,(H,28,33). The summed E-state index contributed by atoms with van der Waals surface area (Å²) >= 11 is 2.65. The Bertz CT molecular complexity index is 1470. The fraction of sp³-hybridized carbons (Fsp3) is 0.0417. The fourth-order valence-electron chi connectivity index (χ4n) is 3.23. The molecule has 0 unspecified atom stereocenters. The van der Waals surface area contributed by atoms with E-state index < -0.39 is 11.7 Å². The van der Waals surface area contributed by atoms with Gasteiger partial charge in [-0.3, -0.25) is 14.3 Å². The third kappa shape index (κ3) is 5.10. The second-order valence-electron chi connectivity index (χ2n) is 7.21. The summed E-state index contributed by atoms with van der Waals surface area (Å²) < 4.78 is 29.4. The molecule has 0 spiro atoms. The summed E-state index contributed by atoms with van der Waals surface area (Å²) in [6.07, 6.45) is 3.29. The zero-order valence-corrected chi connectivity index (χ0v) is 19.6. The van der Waals surface area contributed by atoms with Crippen LogP contribution in [0.3, 0.4) is 0 Å². The third-order valence-corrected chi connectivity index (χ3v) is 6.83. The maximum absolute atomic E-state index is 14.7. The Labute approximate surface area is 206 Å². The molecule has 0 atom stereocenters. The van der Waals surface area contributed by atoms with Crippen molar-refractivity contribution in [1.29, 1.82) is 0 Å². The number of benzene rings is 2. The van der Waals surface area contributed by atoms with Crippen LogP contribution in [0.2, 0.25) is 0 Å². The number of hydrogen-bond donors (Lipinski definition) is 1. The molecule has 11 heteroatoms. The molecular weight excluding hydrogens is 490 g/mol. The van der Waals surface area contributed by atoms with Crippen LogP contribution >= 0.6 is 23.1 Å². The lowest BCUT2D eigenvalue weighted by atomic mass is 10.2. The van der Waals surface area contributed by atoms with Crippen molar-refractivity contribution < 1.29 is 13.6 Å². The van der Waals surface area contributed by atoms with E-state index in [-0.39, 0.29) is 11.5 Å². The van der Waals surface area contributed by atoms with Crippen molar-refractivity contribution in [2.24, 2.45) is 0 Å². The quantitative estimate of drug-likeness (QED) is 0.289. The number of amides is 1. The van der Waals surface area contributed by atoms with Gasteiger partial charge < -0.3 is 5.32 Å². The summed E-state index contributed by atoms with van der Waals surface area (Å²) in [5, 5.41) is 14.1. The molecule has 0 aliphatic heterocycles. The third-order valence-electron chi connectivity index (χ3n) is 4.86. The van der Waals surface area contributed by atoms with E-state index in [0.717, 1.165) is 0 Å². The lowest BCUT2D eigenvalue weighted by Crippen LogP contribution is -2.12. The number of para-hydroxylation sites is 1. The highest BCUT2D eigenvalue weighted by molar-refractivity contribution is 7.98. The summed E-state index contributed by atoms with van der Waals surface area (Å²) in [6.45, 7) is 0. The van der Waals surface area contributed by atoms with Crippen molar-refractivity contribution in [3.8, 4) is 17.1 Å². The number of thioether (sulfide) groups is 1. The monoisotopic (exact) mass is 506 g/mol. The molecule has 0 bridgehead atoms. The molecule has 1 N–H and O–H groups in total. The van der Waals surface area contributed by atoms with Crippen LogP contribution in [0.5, 0.6) is 0 Å². The Balaban J connectivity index is 1.36. The number of anilines is 1. The molecule has 35 heavy (non-hydrogen) atoms. The Hall–Kier alpha value is -3.96.